The molecule has 6 nitrogen and oxygen atoms in total. The second kappa shape index (κ2) is 8.14. The topological polar surface area (TPSA) is 75.0 Å². The smallest absolute Gasteiger partial charge is 0.249 e. The largest absolute Gasteiger partial charge is 0.361 e. The highest BCUT2D eigenvalue weighted by Crippen LogP contribution is 2.31. The first-order chi connectivity index (χ1) is 14.8. The van der Waals surface area contributed by atoms with Crippen molar-refractivity contribution < 1.29 is 9.32 Å². The maximum absolute atomic E-state index is 13.3. The van der Waals surface area contributed by atoms with Crippen molar-refractivity contribution in [2.24, 2.45) is 0 Å². The van der Waals surface area contributed by atoms with Gasteiger partial charge in [-0.1, -0.05) is 66.5 Å². The third-order valence-electron chi connectivity index (χ3n) is 5.85. The number of hydrogen-bond acceptors (Lipinski definition) is 4. The lowest BCUT2D eigenvalue weighted by Gasteiger charge is -2.27. The number of amides is 1. The third kappa shape index (κ3) is 3.61. The van der Waals surface area contributed by atoms with Crippen LogP contribution in [0.15, 0.2) is 65.3 Å². The minimum Gasteiger partial charge on any atom is -0.361 e. The maximum atomic E-state index is 13.3. The van der Waals surface area contributed by atoms with Gasteiger partial charge in [-0.2, -0.15) is 4.98 Å². The Kier molecular flexibility index (Phi) is 5.05. The third-order valence-corrected chi connectivity index (χ3v) is 5.85. The highest BCUT2D eigenvalue weighted by atomic mass is 16.5. The molecule has 0 spiro atoms. The summed E-state index contributed by atoms with van der Waals surface area (Å²) in [5.74, 6) is 1.20. The molecule has 6 heteroatoms. The van der Waals surface area contributed by atoms with Gasteiger partial charge in [0, 0.05) is 29.2 Å². The molecule has 1 atom stereocenters. The quantitative estimate of drug-likeness (QED) is 0.528. The molecule has 2 aromatic carbocycles. The molecule has 0 radical (unpaired) electrons. The van der Waals surface area contributed by atoms with Crippen LogP contribution < -0.4 is 0 Å². The van der Waals surface area contributed by atoms with Crippen LogP contribution in [0.4, 0.5) is 0 Å². The van der Waals surface area contributed by atoms with Crippen molar-refractivity contribution in [1.29, 1.82) is 0 Å². The number of aromatic nitrogens is 3. The van der Waals surface area contributed by atoms with E-state index in [0.717, 1.165) is 54.3 Å². The Hall–Kier alpha value is -3.41. The monoisotopic (exact) mass is 400 g/mol. The molecule has 1 N–H and O–H groups in total. The van der Waals surface area contributed by atoms with Crippen LogP contribution in [-0.2, 0) is 11.2 Å². The number of H-pyrrole nitrogens is 1. The van der Waals surface area contributed by atoms with Crippen molar-refractivity contribution in [3.05, 3.63) is 72.2 Å². The summed E-state index contributed by atoms with van der Waals surface area (Å²) < 4.78 is 5.64. The fraction of sp³-hybridized carbons (Fsp3) is 0.292. The average Bonchev–Trinajstić information content (AvgIpc) is 3.36. The maximum Gasteiger partial charge on any atom is 0.249 e. The zero-order valence-corrected chi connectivity index (χ0v) is 16.8. The van der Waals surface area contributed by atoms with Gasteiger partial charge in [-0.25, -0.2) is 0 Å². The average molecular weight is 400 g/mol. The number of benzene rings is 2. The molecule has 30 heavy (non-hydrogen) atoms. The molecule has 1 amide bonds. The molecule has 1 aliphatic rings. The molecule has 1 aliphatic heterocycles. The summed E-state index contributed by atoms with van der Waals surface area (Å²) in [4.78, 5) is 23.2. The van der Waals surface area contributed by atoms with E-state index in [1.807, 2.05) is 59.6 Å². The van der Waals surface area contributed by atoms with Gasteiger partial charge in [-0.3, -0.25) is 4.79 Å². The van der Waals surface area contributed by atoms with Gasteiger partial charge in [0.25, 0.3) is 0 Å². The number of carbonyl (C=O) groups excluding carboxylic acids is 1. The van der Waals surface area contributed by atoms with Crippen molar-refractivity contribution >= 4 is 16.8 Å². The normalized spacial score (nSPS) is 17.2. The number of hydrogen-bond donors (Lipinski definition) is 1. The highest BCUT2D eigenvalue weighted by Gasteiger charge is 2.31. The van der Waals surface area contributed by atoms with E-state index in [-0.39, 0.29) is 11.9 Å². The predicted molar refractivity (Wildman–Crippen MR) is 115 cm³/mol. The first-order valence-electron chi connectivity index (χ1n) is 10.5. The summed E-state index contributed by atoms with van der Waals surface area (Å²) in [5.41, 5.74) is 2.99. The van der Waals surface area contributed by atoms with Crippen LogP contribution >= 0.6 is 0 Å². The number of fused-ring (bicyclic) bond motifs is 1. The van der Waals surface area contributed by atoms with Crippen molar-refractivity contribution in [2.45, 2.75) is 38.1 Å². The van der Waals surface area contributed by atoms with Gasteiger partial charge in [-0.15, -0.1) is 0 Å². The van der Waals surface area contributed by atoms with E-state index < -0.39 is 0 Å². The van der Waals surface area contributed by atoms with E-state index in [1.54, 1.807) is 0 Å². The molecule has 1 unspecified atom stereocenters. The lowest BCUT2D eigenvalue weighted by molar-refractivity contribution is -0.133. The number of carbonyl (C=O) groups is 1. The molecule has 0 aliphatic carbocycles. The minimum atomic E-state index is -0.171. The number of nitrogens with zero attached hydrogens (tertiary/aromatic N) is 3. The molecule has 0 bridgehead atoms. The van der Waals surface area contributed by atoms with Crippen LogP contribution in [0.5, 0.6) is 0 Å². The van der Waals surface area contributed by atoms with Crippen LogP contribution in [0.3, 0.4) is 0 Å². The van der Waals surface area contributed by atoms with E-state index in [1.165, 1.54) is 0 Å². The van der Waals surface area contributed by atoms with Crippen molar-refractivity contribution in [1.82, 2.24) is 20.0 Å². The summed E-state index contributed by atoms with van der Waals surface area (Å²) in [5, 5.41) is 5.27. The van der Waals surface area contributed by atoms with Gasteiger partial charge in [0.2, 0.25) is 17.6 Å². The predicted octanol–water partition coefficient (Wildman–Crippen LogP) is 4.90. The highest BCUT2D eigenvalue weighted by molar-refractivity contribution is 5.89. The van der Waals surface area contributed by atoms with Crippen LogP contribution in [0.1, 0.15) is 43.2 Å². The second-order valence-electron chi connectivity index (χ2n) is 7.81. The summed E-state index contributed by atoms with van der Waals surface area (Å²) in [6.45, 7) is 0.717. The molecule has 152 valence electrons. The summed E-state index contributed by atoms with van der Waals surface area (Å²) in [6, 6.07) is 17.7. The Bertz CT molecular complexity index is 1150. The fourth-order valence-corrected chi connectivity index (χ4v) is 4.28. The van der Waals surface area contributed by atoms with Crippen LogP contribution in [0, 0.1) is 0 Å². The fourth-order valence-electron chi connectivity index (χ4n) is 4.28. The molecule has 1 saturated heterocycles. The Morgan fingerprint density at radius 2 is 1.90 bits per heavy atom. The van der Waals surface area contributed by atoms with Gasteiger partial charge >= 0.3 is 0 Å². The molecule has 0 saturated carbocycles. The van der Waals surface area contributed by atoms with E-state index in [4.69, 9.17) is 4.52 Å². The molecule has 1 fully saturated rings. The number of para-hydroxylation sites is 1. The number of rotatable bonds is 4. The molecule has 5 rings (SSSR count). The Balaban J connectivity index is 1.41. The molecule has 3 heterocycles. The van der Waals surface area contributed by atoms with Gasteiger partial charge in [0.1, 0.15) is 6.04 Å². The zero-order chi connectivity index (χ0) is 20.3. The van der Waals surface area contributed by atoms with Gasteiger partial charge in [-0.05, 0) is 24.5 Å². The van der Waals surface area contributed by atoms with E-state index in [0.29, 0.717) is 18.1 Å². The Labute approximate surface area is 174 Å². The summed E-state index contributed by atoms with van der Waals surface area (Å²) in [7, 11) is 0. The van der Waals surface area contributed by atoms with Gasteiger partial charge < -0.3 is 14.4 Å². The van der Waals surface area contributed by atoms with Crippen molar-refractivity contribution in [3.63, 3.8) is 0 Å². The van der Waals surface area contributed by atoms with Crippen molar-refractivity contribution in [3.8, 4) is 11.4 Å². The minimum absolute atomic E-state index is 0.103. The second-order valence-corrected chi connectivity index (χ2v) is 7.81. The molecule has 4 aromatic rings. The Morgan fingerprint density at radius 1 is 1.07 bits per heavy atom. The van der Waals surface area contributed by atoms with Crippen LogP contribution in [0.25, 0.3) is 22.3 Å². The van der Waals surface area contributed by atoms with Crippen LogP contribution in [-0.4, -0.2) is 32.5 Å². The number of aromatic amines is 1. The summed E-state index contributed by atoms with van der Waals surface area (Å²) >= 11 is 0. The number of likely N-dealkylation sites (tertiary alicyclic amines) is 1. The van der Waals surface area contributed by atoms with Gasteiger partial charge in [0.15, 0.2) is 0 Å². The number of nitrogens with one attached hydrogen (secondary N) is 1. The van der Waals surface area contributed by atoms with E-state index in [2.05, 4.69) is 21.2 Å². The molecular formula is C24H24N4O2. The molecular weight excluding hydrogens is 376 g/mol. The summed E-state index contributed by atoms with van der Waals surface area (Å²) in [6.07, 6.45) is 6.29. The SMILES string of the molecule is O=C(Cc1c[nH]c2ccccc12)N1CCCCCC1c1nc(-c2ccccc2)no1. The van der Waals surface area contributed by atoms with Crippen LogP contribution in [0.2, 0.25) is 0 Å². The van der Waals surface area contributed by atoms with E-state index >= 15 is 0 Å². The first kappa shape index (κ1) is 18.6. The lowest BCUT2D eigenvalue weighted by atomic mass is 10.1. The Morgan fingerprint density at radius 3 is 2.80 bits per heavy atom. The standard InChI is InChI=1S/C24H24N4O2/c29-22(15-18-16-25-20-12-7-6-11-19(18)20)28-14-8-2-5-13-21(28)24-26-23(27-30-24)17-9-3-1-4-10-17/h1,3-4,6-7,9-12,16,21,25H,2,5,8,13-15H2. The zero-order valence-electron chi connectivity index (χ0n) is 16.8. The van der Waals surface area contributed by atoms with E-state index in [9.17, 15) is 4.79 Å². The lowest BCUT2D eigenvalue weighted by Crippen LogP contribution is -2.36. The van der Waals surface area contributed by atoms with Gasteiger partial charge in [0.05, 0.1) is 6.42 Å². The molecule has 2 aromatic heterocycles. The van der Waals surface area contributed by atoms with Crippen molar-refractivity contribution in [2.75, 3.05) is 6.54 Å². The first-order valence-corrected chi connectivity index (χ1v) is 10.5.